The molecule has 2 aromatic rings. The Bertz CT molecular complexity index is 775. The van der Waals surface area contributed by atoms with Crippen LogP contribution in [0.4, 0.5) is 5.00 Å². The van der Waals surface area contributed by atoms with E-state index in [9.17, 15) is 19.7 Å². The molecule has 0 radical (unpaired) electrons. The van der Waals surface area contributed by atoms with Gasteiger partial charge in [-0.25, -0.2) is 0 Å². The maximum atomic E-state index is 12.2. The molecule has 24 heavy (non-hydrogen) atoms. The first-order valence-corrected chi connectivity index (χ1v) is 8.21. The minimum Gasteiger partial charge on any atom is -0.346 e. The van der Waals surface area contributed by atoms with E-state index >= 15 is 0 Å². The van der Waals surface area contributed by atoms with Crippen LogP contribution in [0.5, 0.6) is 0 Å². The van der Waals surface area contributed by atoms with Gasteiger partial charge in [0.25, 0.3) is 5.91 Å². The van der Waals surface area contributed by atoms with Crippen LogP contribution in [0.2, 0.25) is 0 Å². The number of likely N-dealkylation sites (tertiary alicyclic amines) is 1. The molecule has 1 N–H and O–H groups in total. The minimum atomic E-state index is -0.526. The van der Waals surface area contributed by atoms with Crippen LogP contribution in [-0.4, -0.2) is 34.2 Å². The second-order valence-corrected chi connectivity index (χ2v) is 6.59. The molecule has 0 aliphatic carbocycles. The molecule has 2 heterocycles. The normalized spacial score (nSPS) is 17.1. The molecule has 8 heteroatoms. The van der Waals surface area contributed by atoms with Crippen molar-refractivity contribution in [1.82, 2.24) is 10.2 Å². The molecule has 3 rings (SSSR count). The Morgan fingerprint density at radius 3 is 2.71 bits per heavy atom. The number of thiophene rings is 1. The summed E-state index contributed by atoms with van der Waals surface area (Å²) in [7, 11) is 0. The largest absolute Gasteiger partial charge is 0.346 e. The first-order chi connectivity index (χ1) is 11.5. The SMILES string of the molecule is O=C(N[C@@H]1CC(=O)N(Cc2ccccc2)C1)c1ccc([N+](=O)[O-])s1. The number of carbonyl (C=O) groups excluding carboxylic acids is 2. The average molecular weight is 345 g/mol. The average Bonchev–Trinajstić information content (AvgIpc) is 3.16. The Morgan fingerprint density at radius 1 is 1.29 bits per heavy atom. The molecule has 0 saturated carbocycles. The highest BCUT2D eigenvalue weighted by Crippen LogP contribution is 2.24. The summed E-state index contributed by atoms with van der Waals surface area (Å²) in [6.07, 6.45) is 0.242. The van der Waals surface area contributed by atoms with Crippen molar-refractivity contribution < 1.29 is 14.5 Å². The van der Waals surface area contributed by atoms with E-state index < -0.39 is 4.92 Å². The van der Waals surface area contributed by atoms with Crippen molar-refractivity contribution in [3.63, 3.8) is 0 Å². The Hall–Kier alpha value is -2.74. The zero-order chi connectivity index (χ0) is 17.1. The molecular weight excluding hydrogens is 330 g/mol. The predicted molar refractivity (Wildman–Crippen MR) is 88.7 cm³/mol. The van der Waals surface area contributed by atoms with Crippen LogP contribution >= 0.6 is 11.3 Å². The first-order valence-electron chi connectivity index (χ1n) is 7.39. The zero-order valence-electron chi connectivity index (χ0n) is 12.7. The Labute approximate surface area is 142 Å². The summed E-state index contributed by atoms with van der Waals surface area (Å²) < 4.78 is 0. The maximum Gasteiger partial charge on any atom is 0.324 e. The molecule has 1 atom stereocenters. The number of carbonyl (C=O) groups is 2. The van der Waals surface area contributed by atoms with E-state index in [1.807, 2.05) is 30.3 Å². The van der Waals surface area contributed by atoms with Crippen molar-refractivity contribution in [2.24, 2.45) is 0 Å². The van der Waals surface area contributed by atoms with Crippen molar-refractivity contribution in [3.8, 4) is 0 Å². The minimum absolute atomic E-state index is 0.0127. The van der Waals surface area contributed by atoms with E-state index in [1.165, 1.54) is 12.1 Å². The Balaban J connectivity index is 1.59. The first kappa shape index (κ1) is 16.1. The number of nitrogens with zero attached hydrogens (tertiary/aromatic N) is 2. The van der Waals surface area contributed by atoms with Crippen molar-refractivity contribution in [2.75, 3.05) is 6.54 Å². The smallest absolute Gasteiger partial charge is 0.324 e. The van der Waals surface area contributed by atoms with Crippen LogP contribution in [0.3, 0.4) is 0 Å². The highest BCUT2D eigenvalue weighted by molar-refractivity contribution is 7.17. The summed E-state index contributed by atoms with van der Waals surface area (Å²) >= 11 is 0.827. The van der Waals surface area contributed by atoms with Crippen LogP contribution in [0.25, 0.3) is 0 Å². The van der Waals surface area contributed by atoms with Gasteiger partial charge in [-0.05, 0) is 11.6 Å². The van der Waals surface area contributed by atoms with Crippen molar-refractivity contribution in [1.29, 1.82) is 0 Å². The number of amides is 2. The van der Waals surface area contributed by atoms with Gasteiger partial charge in [0.05, 0.1) is 15.8 Å². The van der Waals surface area contributed by atoms with E-state index in [2.05, 4.69) is 5.32 Å². The van der Waals surface area contributed by atoms with Crippen LogP contribution in [-0.2, 0) is 11.3 Å². The molecule has 7 nitrogen and oxygen atoms in total. The molecular formula is C16H15N3O4S. The van der Waals surface area contributed by atoms with E-state index in [1.54, 1.807) is 4.90 Å². The van der Waals surface area contributed by atoms with Gasteiger partial charge >= 0.3 is 5.00 Å². The molecule has 1 saturated heterocycles. The third-order valence-corrected chi connectivity index (χ3v) is 4.80. The summed E-state index contributed by atoms with van der Waals surface area (Å²) in [6, 6.07) is 12.1. The van der Waals surface area contributed by atoms with Gasteiger partial charge in [-0.1, -0.05) is 41.7 Å². The van der Waals surface area contributed by atoms with Gasteiger partial charge in [-0.2, -0.15) is 0 Å². The highest BCUT2D eigenvalue weighted by Gasteiger charge is 2.31. The molecule has 0 spiro atoms. The van der Waals surface area contributed by atoms with Crippen LogP contribution in [0.1, 0.15) is 21.7 Å². The number of hydrogen-bond acceptors (Lipinski definition) is 5. The standard InChI is InChI=1S/C16H15N3O4S/c20-14-8-12(10-18(14)9-11-4-2-1-3-5-11)17-16(21)13-6-7-15(24-13)19(22)23/h1-7,12H,8-10H2,(H,17,21)/t12-/m1/s1. The lowest BCUT2D eigenvalue weighted by atomic mass is 10.2. The van der Waals surface area contributed by atoms with Crippen molar-refractivity contribution >= 4 is 28.2 Å². The number of nitro groups is 1. The summed E-state index contributed by atoms with van der Waals surface area (Å²) in [5.74, 6) is -0.395. The topological polar surface area (TPSA) is 92.6 Å². The van der Waals surface area contributed by atoms with Gasteiger partial charge in [0, 0.05) is 25.6 Å². The lowest BCUT2D eigenvalue weighted by molar-refractivity contribution is -0.380. The third-order valence-electron chi connectivity index (χ3n) is 3.76. The number of rotatable bonds is 5. The summed E-state index contributed by atoms with van der Waals surface area (Å²) in [6.45, 7) is 0.948. The van der Waals surface area contributed by atoms with E-state index in [-0.39, 0.29) is 34.2 Å². The van der Waals surface area contributed by atoms with Crippen LogP contribution in [0, 0.1) is 10.1 Å². The van der Waals surface area contributed by atoms with Gasteiger partial charge in [0.2, 0.25) is 5.91 Å². The van der Waals surface area contributed by atoms with Crippen LogP contribution < -0.4 is 5.32 Å². The third kappa shape index (κ3) is 3.60. The quantitative estimate of drug-likeness (QED) is 0.664. The van der Waals surface area contributed by atoms with Crippen molar-refractivity contribution in [2.45, 2.75) is 19.0 Å². The van der Waals surface area contributed by atoms with E-state index in [4.69, 9.17) is 0 Å². The molecule has 1 fully saturated rings. The monoisotopic (exact) mass is 345 g/mol. The zero-order valence-corrected chi connectivity index (χ0v) is 13.5. The fourth-order valence-corrected chi connectivity index (χ4v) is 3.35. The Kier molecular flexibility index (Phi) is 4.57. The van der Waals surface area contributed by atoms with Crippen molar-refractivity contribution in [3.05, 3.63) is 63.0 Å². The van der Waals surface area contributed by atoms with Gasteiger partial charge < -0.3 is 10.2 Å². The van der Waals surface area contributed by atoms with Crippen LogP contribution in [0.15, 0.2) is 42.5 Å². The van der Waals surface area contributed by atoms with Gasteiger partial charge in [-0.3, -0.25) is 19.7 Å². The predicted octanol–water partition coefficient (Wildman–Crippen LogP) is 2.19. The molecule has 1 aromatic carbocycles. The molecule has 1 aliphatic rings. The highest BCUT2D eigenvalue weighted by atomic mass is 32.1. The summed E-state index contributed by atoms with van der Waals surface area (Å²) in [5.41, 5.74) is 1.03. The van der Waals surface area contributed by atoms with E-state index in [0.29, 0.717) is 13.1 Å². The fourth-order valence-electron chi connectivity index (χ4n) is 2.63. The summed E-state index contributed by atoms with van der Waals surface area (Å²) in [4.78, 5) is 36.4. The van der Waals surface area contributed by atoms with Gasteiger partial charge in [0.15, 0.2) is 0 Å². The lowest BCUT2D eigenvalue weighted by Gasteiger charge is -2.17. The number of hydrogen-bond donors (Lipinski definition) is 1. The number of benzene rings is 1. The second kappa shape index (κ2) is 6.79. The molecule has 2 amide bonds. The van der Waals surface area contributed by atoms with Gasteiger partial charge in [-0.15, -0.1) is 0 Å². The fraction of sp³-hybridized carbons (Fsp3) is 0.250. The molecule has 0 bridgehead atoms. The second-order valence-electron chi connectivity index (χ2n) is 5.53. The summed E-state index contributed by atoms with van der Waals surface area (Å²) in [5, 5.41) is 13.4. The molecule has 1 aliphatic heterocycles. The molecule has 1 aromatic heterocycles. The Morgan fingerprint density at radius 2 is 2.04 bits per heavy atom. The van der Waals surface area contributed by atoms with Gasteiger partial charge in [0.1, 0.15) is 0 Å². The molecule has 0 unspecified atom stereocenters. The maximum absolute atomic E-state index is 12.2. The lowest BCUT2D eigenvalue weighted by Crippen LogP contribution is -2.36. The number of nitrogens with one attached hydrogen (secondary N) is 1. The molecule has 124 valence electrons. The van der Waals surface area contributed by atoms with E-state index in [0.717, 1.165) is 16.9 Å².